The van der Waals surface area contributed by atoms with Gasteiger partial charge < -0.3 is 14.4 Å². The molecule has 33 heavy (non-hydrogen) atoms. The quantitative estimate of drug-likeness (QED) is 0.510. The summed E-state index contributed by atoms with van der Waals surface area (Å²) in [5.74, 6) is -0.777. The van der Waals surface area contributed by atoms with Gasteiger partial charge in [-0.3, -0.25) is 4.79 Å². The number of carbonyl (C=O) groups is 1. The van der Waals surface area contributed by atoms with Gasteiger partial charge in [0.1, 0.15) is 5.75 Å². The molecule has 0 fully saturated rings. The number of aryl methyl sites for hydroxylation is 1. The van der Waals surface area contributed by atoms with Crippen LogP contribution in [0.25, 0.3) is 22.8 Å². The van der Waals surface area contributed by atoms with E-state index in [1.165, 1.54) is 0 Å². The number of hydrogen-bond acceptors (Lipinski definition) is 7. The predicted molar refractivity (Wildman–Crippen MR) is 121 cm³/mol. The van der Waals surface area contributed by atoms with Gasteiger partial charge in [0, 0.05) is 17.2 Å². The Hall–Kier alpha value is -3.24. The van der Waals surface area contributed by atoms with Crippen molar-refractivity contribution < 1.29 is 27.6 Å². The molecule has 0 spiro atoms. The van der Waals surface area contributed by atoms with Crippen LogP contribution in [0.4, 0.5) is 0 Å². The van der Waals surface area contributed by atoms with E-state index in [1.54, 1.807) is 6.07 Å². The Kier molecular flexibility index (Phi) is 6.22. The first-order chi connectivity index (χ1) is 15.6. The highest BCUT2D eigenvalue weighted by Gasteiger charge is 2.30. The lowest BCUT2D eigenvalue weighted by atomic mass is 10.0. The largest absolute Gasteiger partial charge is 0.491 e. The molecular weight excluding hydrogens is 446 g/mol. The molecule has 174 valence electrons. The molecule has 3 aromatic rings. The van der Waals surface area contributed by atoms with Crippen LogP contribution in [0, 0.1) is 6.92 Å². The highest BCUT2D eigenvalue weighted by atomic mass is 32.2. The number of carboxylic acid groups (broad SMARTS) is 1. The third-order valence-corrected chi connectivity index (χ3v) is 6.63. The number of hydrogen-bond donors (Lipinski definition) is 2. The van der Waals surface area contributed by atoms with Gasteiger partial charge in [0.15, 0.2) is 5.75 Å². The average Bonchev–Trinajstić information content (AvgIpc) is 3.36. The van der Waals surface area contributed by atoms with E-state index in [4.69, 9.17) is 14.4 Å². The number of fused-ring (bicyclic) bond motifs is 1. The Morgan fingerprint density at radius 1 is 1.30 bits per heavy atom. The summed E-state index contributed by atoms with van der Waals surface area (Å²) >= 11 is 0. The summed E-state index contributed by atoms with van der Waals surface area (Å²) in [4.78, 5) is 15.4. The van der Waals surface area contributed by atoms with E-state index in [2.05, 4.69) is 14.9 Å². The zero-order chi connectivity index (χ0) is 23.8. The predicted octanol–water partition coefficient (Wildman–Crippen LogP) is 3.49. The maximum atomic E-state index is 12.1. The van der Waals surface area contributed by atoms with Crippen molar-refractivity contribution in [1.29, 1.82) is 0 Å². The molecule has 1 heterocycles. The van der Waals surface area contributed by atoms with Crippen molar-refractivity contribution in [3.8, 4) is 28.6 Å². The van der Waals surface area contributed by atoms with Crippen LogP contribution in [0.15, 0.2) is 40.9 Å². The van der Waals surface area contributed by atoms with Gasteiger partial charge >= 0.3 is 5.97 Å². The number of aromatic nitrogens is 2. The van der Waals surface area contributed by atoms with Crippen molar-refractivity contribution in [2.75, 3.05) is 5.75 Å². The lowest BCUT2D eigenvalue weighted by Crippen LogP contribution is -2.32. The minimum Gasteiger partial charge on any atom is -0.491 e. The van der Waals surface area contributed by atoms with Crippen LogP contribution in [0.5, 0.6) is 5.75 Å². The fraction of sp³-hybridized carbons (Fsp3) is 0.348. The molecule has 0 saturated heterocycles. The Morgan fingerprint density at radius 3 is 2.79 bits per heavy atom. The highest BCUT2D eigenvalue weighted by molar-refractivity contribution is 7.90. The number of benzene rings is 2. The highest BCUT2D eigenvalue weighted by Crippen LogP contribution is 2.38. The number of nitrogens with zero attached hydrogens (tertiary/aromatic N) is 2. The van der Waals surface area contributed by atoms with E-state index < -0.39 is 27.8 Å². The van der Waals surface area contributed by atoms with Gasteiger partial charge in [-0.05, 0) is 68.5 Å². The lowest BCUT2D eigenvalue weighted by Gasteiger charge is -2.14. The SMILES string of the molecule is Cc1cc(-c2nc(-c3cccc4c3CC[C@H]4NS(=O)(=O)CC(=O)O)no2)ccc1OC(C)C. The zero-order valence-corrected chi connectivity index (χ0v) is 19.3. The molecule has 1 aliphatic rings. The smallest absolute Gasteiger partial charge is 0.320 e. The monoisotopic (exact) mass is 471 g/mol. The van der Waals surface area contributed by atoms with E-state index in [9.17, 15) is 13.2 Å². The molecule has 2 N–H and O–H groups in total. The standard InChI is InChI=1S/C23H25N3O6S/c1-13(2)31-20-10-7-15(11-14(20)3)23-24-22(25-32-23)18-6-4-5-17-16(18)8-9-19(17)26-33(29,30)12-21(27)28/h4-7,10-11,13,19,26H,8-9,12H2,1-3H3,(H,27,28)/t19-/m1/s1. The summed E-state index contributed by atoms with van der Waals surface area (Å²) in [5.41, 5.74) is 4.20. The van der Waals surface area contributed by atoms with Crippen molar-refractivity contribution in [3.05, 3.63) is 53.1 Å². The van der Waals surface area contributed by atoms with Gasteiger partial charge in [0.05, 0.1) is 6.10 Å². The van der Waals surface area contributed by atoms with Crippen molar-refractivity contribution in [2.45, 2.75) is 45.8 Å². The summed E-state index contributed by atoms with van der Waals surface area (Å²) in [6.07, 6.45) is 1.20. The van der Waals surface area contributed by atoms with Crippen LogP contribution in [0.1, 0.15) is 43.0 Å². The van der Waals surface area contributed by atoms with E-state index in [1.807, 2.05) is 51.1 Å². The Bertz CT molecular complexity index is 1300. The van der Waals surface area contributed by atoms with Gasteiger partial charge in [0.25, 0.3) is 5.89 Å². The van der Waals surface area contributed by atoms with E-state index in [0.717, 1.165) is 33.6 Å². The number of rotatable bonds is 8. The van der Waals surface area contributed by atoms with Crippen molar-refractivity contribution >= 4 is 16.0 Å². The number of sulfonamides is 1. The molecule has 1 aromatic heterocycles. The van der Waals surface area contributed by atoms with Gasteiger partial charge in [-0.25, -0.2) is 13.1 Å². The van der Waals surface area contributed by atoms with Crippen LogP contribution in [-0.4, -0.2) is 41.5 Å². The second-order valence-electron chi connectivity index (χ2n) is 8.31. The first kappa shape index (κ1) is 22.9. The second-order valence-corrected chi connectivity index (χ2v) is 10.1. The van der Waals surface area contributed by atoms with Crippen LogP contribution in [-0.2, 0) is 21.2 Å². The molecule has 0 aliphatic heterocycles. The topological polar surface area (TPSA) is 132 Å². The Balaban J connectivity index is 1.60. The van der Waals surface area contributed by atoms with Crippen LogP contribution in [0.3, 0.4) is 0 Å². The van der Waals surface area contributed by atoms with Crippen molar-refractivity contribution in [1.82, 2.24) is 14.9 Å². The molecule has 0 bridgehead atoms. The summed E-state index contributed by atoms with van der Waals surface area (Å²) in [7, 11) is -3.94. The molecule has 0 radical (unpaired) electrons. The fourth-order valence-electron chi connectivity index (χ4n) is 4.03. The third kappa shape index (κ3) is 5.07. The summed E-state index contributed by atoms with van der Waals surface area (Å²) in [6, 6.07) is 10.7. The molecule has 2 aromatic carbocycles. The van der Waals surface area contributed by atoms with E-state index in [-0.39, 0.29) is 6.10 Å². The second kappa shape index (κ2) is 8.95. The Morgan fingerprint density at radius 2 is 2.09 bits per heavy atom. The maximum absolute atomic E-state index is 12.1. The third-order valence-electron chi connectivity index (χ3n) is 5.36. The van der Waals surface area contributed by atoms with Crippen molar-refractivity contribution in [2.24, 2.45) is 0 Å². The molecule has 0 saturated carbocycles. The van der Waals surface area contributed by atoms with Gasteiger partial charge in [-0.15, -0.1) is 0 Å². The first-order valence-electron chi connectivity index (χ1n) is 10.6. The summed E-state index contributed by atoms with van der Waals surface area (Å²) < 4.78 is 38.0. The minimum absolute atomic E-state index is 0.0714. The van der Waals surface area contributed by atoms with Crippen LogP contribution in [0.2, 0.25) is 0 Å². The molecule has 10 heteroatoms. The van der Waals surface area contributed by atoms with Gasteiger partial charge in [0.2, 0.25) is 15.8 Å². The van der Waals surface area contributed by atoms with E-state index >= 15 is 0 Å². The van der Waals surface area contributed by atoms with Gasteiger partial charge in [-0.2, -0.15) is 4.98 Å². The molecule has 0 amide bonds. The average molecular weight is 472 g/mol. The zero-order valence-electron chi connectivity index (χ0n) is 18.5. The Labute approximate surface area is 191 Å². The van der Waals surface area contributed by atoms with Gasteiger partial charge in [-0.1, -0.05) is 23.4 Å². The molecule has 1 aliphatic carbocycles. The molecule has 9 nitrogen and oxygen atoms in total. The number of carboxylic acids is 1. The number of aliphatic carboxylic acids is 1. The lowest BCUT2D eigenvalue weighted by molar-refractivity contribution is -0.134. The molecule has 1 atom stereocenters. The van der Waals surface area contributed by atoms with Crippen molar-refractivity contribution in [3.63, 3.8) is 0 Å². The minimum atomic E-state index is -3.94. The first-order valence-corrected chi connectivity index (χ1v) is 12.2. The van der Waals surface area contributed by atoms with E-state index in [0.29, 0.717) is 24.6 Å². The number of nitrogens with one attached hydrogen (secondary N) is 1. The normalized spacial score (nSPS) is 15.6. The molecule has 0 unspecified atom stereocenters. The summed E-state index contributed by atoms with van der Waals surface area (Å²) in [5, 5.41) is 13.0. The molecular formula is C23H25N3O6S. The fourth-order valence-corrected chi connectivity index (χ4v) is 5.11. The van der Waals surface area contributed by atoms with Crippen LogP contribution >= 0.6 is 0 Å². The summed E-state index contributed by atoms with van der Waals surface area (Å²) in [6.45, 7) is 5.89. The number of ether oxygens (including phenoxy) is 1. The van der Waals surface area contributed by atoms with Crippen LogP contribution < -0.4 is 9.46 Å². The molecule has 4 rings (SSSR count). The maximum Gasteiger partial charge on any atom is 0.320 e.